The fourth-order valence-electron chi connectivity index (χ4n) is 1.24. The van der Waals surface area contributed by atoms with Crippen molar-refractivity contribution in [1.82, 2.24) is 5.32 Å². The highest BCUT2D eigenvalue weighted by atomic mass is 32.2. The van der Waals surface area contributed by atoms with Gasteiger partial charge >= 0.3 is 0 Å². The number of hydrogen-bond donors (Lipinski definition) is 1. The predicted octanol–water partition coefficient (Wildman–Crippen LogP) is 1.74. The van der Waals surface area contributed by atoms with Crippen LogP contribution in [0.5, 0.6) is 0 Å². The smallest absolute Gasteiger partial charge is 0.153 e. The lowest BCUT2D eigenvalue weighted by Crippen LogP contribution is -2.41. The van der Waals surface area contributed by atoms with Crippen molar-refractivity contribution in [3.63, 3.8) is 0 Å². The molecule has 0 aromatic heterocycles. The standard InChI is InChI=1S/C12H18FNO2S/c1-12(2,17(3,15)16)9-14-8-10-4-6-11(13)7-5-10/h4-7,14H,8-9H2,1-3H3. The first-order valence-electron chi connectivity index (χ1n) is 5.37. The van der Waals surface area contributed by atoms with E-state index in [0.717, 1.165) is 5.56 Å². The second-order valence-electron chi connectivity index (χ2n) is 4.76. The number of hydrogen-bond acceptors (Lipinski definition) is 3. The van der Waals surface area contributed by atoms with Crippen molar-refractivity contribution >= 4 is 9.84 Å². The van der Waals surface area contributed by atoms with Crippen LogP contribution in [0.25, 0.3) is 0 Å². The maximum absolute atomic E-state index is 12.7. The Hall–Kier alpha value is -0.940. The zero-order valence-corrected chi connectivity index (χ0v) is 11.1. The molecule has 17 heavy (non-hydrogen) atoms. The van der Waals surface area contributed by atoms with E-state index in [1.165, 1.54) is 18.4 Å². The van der Waals surface area contributed by atoms with Gasteiger partial charge in [0.05, 0.1) is 4.75 Å². The van der Waals surface area contributed by atoms with Gasteiger partial charge in [0.15, 0.2) is 9.84 Å². The van der Waals surface area contributed by atoms with Crippen LogP contribution in [0.4, 0.5) is 4.39 Å². The van der Waals surface area contributed by atoms with E-state index in [1.54, 1.807) is 26.0 Å². The summed E-state index contributed by atoms with van der Waals surface area (Å²) in [6.07, 6.45) is 1.23. The molecule has 0 heterocycles. The topological polar surface area (TPSA) is 46.2 Å². The number of nitrogens with one attached hydrogen (secondary N) is 1. The summed E-state index contributed by atoms with van der Waals surface area (Å²) in [5, 5.41) is 3.07. The molecule has 0 aliphatic heterocycles. The summed E-state index contributed by atoms with van der Waals surface area (Å²) in [7, 11) is -3.09. The van der Waals surface area contributed by atoms with Crippen LogP contribution in [0.2, 0.25) is 0 Å². The van der Waals surface area contributed by atoms with Crippen LogP contribution in [-0.4, -0.2) is 26.0 Å². The molecule has 1 rings (SSSR count). The fraction of sp³-hybridized carbons (Fsp3) is 0.500. The van der Waals surface area contributed by atoms with Gasteiger partial charge in [0.2, 0.25) is 0 Å². The van der Waals surface area contributed by atoms with Crippen LogP contribution in [0.15, 0.2) is 24.3 Å². The molecule has 5 heteroatoms. The molecule has 0 atom stereocenters. The number of sulfone groups is 1. The van der Waals surface area contributed by atoms with Crippen molar-refractivity contribution < 1.29 is 12.8 Å². The van der Waals surface area contributed by atoms with Crippen LogP contribution >= 0.6 is 0 Å². The maximum atomic E-state index is 12.7. The highest BCUT2D eigenvalue weighted by molar-refractivity contribution is 7.92. The normalized spacial score (nSPS) is 12.7. The van der Waals surface area contributed by atoms with Gasteiger partial charge < -0.3 is 5.32 Å². The Morgan fingerprint density at radius 2 is 1.76 bits per heavy atom. The molecule has 1 aromatic carbocycles. The Kier molecular flexibility index (Phi) is 4.27. The molecule has 0 spiro atoms. The summed E-state index contributed by atoms with van der Waals surface area (Å²) in [6, 6.07) is 6.13. The molecule has 0 saturated carbocycles. The van der Waals surface area contributed by atoms with Gasteiger partial charge in [-0.15, -0.1) is 0 Å². The minimum absolute atomic E-state index is 0.273. The van der Waals surface area contributed by atoms with Gasteiger partial charge in [-0.3, -0.25) is 0 Å². The van der Waals surface area contributed by atoms with Crippen molar-refractivity contribution in [3.05, 3.63) is 35.6 Å². The lowest BCUT2D eigenvalue weighted by atomic mass is 10.2. The summed E-state index contributed by atoms with van der Waals surface area (Å²) in [5.74, 6) is -0.273. The average molecular weight is 259 g/mol. The Balaban J connectivity index is 2.51. The summed E-state index contributed by atoms with van der Waals surface area (Å²) in [4.78, 5) is 0. The molecule has 0 amide bonds. The largest absolute Gasteiger partial charge is 0.311 e. The minimum atomic E-state index is -3.09. The molecule has 0 fully saturated rings. The first-order chi connectivity index (χ1) is 7.72. The predicted molar refractivity (Wildman–Crippen MR) is 67.0 cm³/mol. The summed E-state index contributed by atoms with van der Waals surface area (Å²) in [5.41, 5.74) is 0.927. The number of rotatable bonds is 5. The molecule has 0 aliphatic carbocycles. The first-order valence-corrected chi connectivity index (χ1v) is 7.26. The molecule has 96 valence electrons. The van der Waals surface area contributed by atoms with Crippen LogP contribution in [0, 0.1) is 5.82 Å². The van der Waals surface area contributed by atoms with Crippen LogP contribution in [0.1, 0.15) is 19.4 Å². The first kappa shape index (κ1) is 14.1. The average Bonchev–Trinajstić information content (AvgIpc) is 2.19. The van der Waals surface area contributed by atoms with Crippen molar-refractivity contribution in [2.45, 2.75) is 25.1 Å². The SMILES string of the molecule is CC(C)(CNCc1ccc(F)cc1)S(C)(=O)=O. The molecule has 1 aromatic rings. The fourth-order valence-corrected chi connectivity index (χ4v) is 1.61. The van der Waals surface area contributed by atoms with E-state index < -0.39 is 14.6 Å². The summed E-state index contributed by atoms with van der Waals surface area (Å²) < 4.78 is 34.8. The highest BCUT2D eigenvalue weighted by Gasteiger charge is 2.29. The zero-order valence-electron chi connectivity index (χ0n) is 10.3. The summed E-state index contributed by atoms with van der Waals surface area (Å²) in [6.45, 7) is 4.25. The number of benzene rings is 1. The van der Waals surface area contributed by atoms with Gasteiger partial charge in [0.25, 0.3) is 0 Å². The lowest BCUT2D eigenvalue weighted by molar-refractivity contribution is 0.521. The van der Waals surface area contributed by atoms with Crippen molar-refractivity contribution in [3.8, 4) is 0 Å². The van der Waals surface area contributed by atoms with Crippen LogP contribution in [-0.2, 0) is 16.4 Å². The van der Waals surface area contributed by atoms with Gasteiger partial charge in [0, 0.05) is 19.3 Å². The van der Waals surface area contributed by atoms with Gasteiger partial charge in [-0.1, -0.05) is 12.1 Å². The molecule has 0 radical (unpaired) electrons. The third-order valence-corrected chi connectivity index (χ3v) is 4.95. The minimum Gasteiger partial charge on any atom is -0.311 e. The Morgan fingerprint density at radius 1 is 1.24 bits per heavy atom. The van der Waals surface area contributed by atoms with E-state index in [-0.39, 0.29) is 5.82 Å². The molecule has 1 N–H and O–H groups in total. The van der Waals surface area contributed by atoms with E-state index >= 15 is 0 Å². The van der Waals surface area contributed by atoms with Crippen molar-refractivity contribution in [2.75, 3.05) is 12.8 Å². The Bertz CT molecular complexity index is 466. The van der Waals surface area contributed by atoms with E-state index in [0.29, 0.717) is 13.1 Å². The number of halogens is 1. The highest BCUT2D eigenvalue weighted by Crippen LogP contribution is 2.13. The van der Waals surface area contributed by atoms with Crippen molar-refractivity contribution in [1.29, 1.82) is 0 Å². The van der Waals surface area contributed by atoms with Crippen LogP contribution in [0.3, 0.4) is 0 Å². The lowest BCUT2D eigenvalue weighted by Gasteiger charge is -2.22. The third-order valence-electron chi connectivity index (χ3n) is 2.80. The Morgan fingerprint density at radius 3 is 2.24 bits per heavy atom. The molecular formula is C12H18FNO2S. The van der Waals surface area contributed by atoms with Crippen LogP contribution < -0.4 is 5.32 Å². The Labute approximate surface area is 102 Å². The molecule has 0 saturated heterocycles. The second kappa shape index (κ2) is 5.14. The van der Waals surface area contributed by atoms with E-state index in [9.17, 15) is 12.8 Å². The monoisotopic (exact) mass is 259 g/mol. The molecular weight excluding hydrogens is 241 g/mol. The molecule has 0 bridgehead atoms. The van der Waals surface area contributed by atoms with Crippen molar-refractivity contribution in [2.24, 2.45) is 0 Å². The maximum Gasteiger partial charge on any atom is 0.153 e. The molecule has 0 aliphatic rings. The van der Waals surface area contributed by atoms with Gasteiger partial charge in [-0.05, 0) is 31.5 Å². The third kappa shape index (κ3) is 4.09. The van der Waals surface area contributed by atoms with E-state index in [2.05, 4.69) is 5.32 Å². The van der Waals surface area contributed by atoms with Gasteiger partial charge in [0.1, 0.15) is 5.82 Å². The summed E-state index contributed by atoms with van der Waals surface area (Å²) >= 11 is 0. The van der Waals surface area contributed by atoms with Gasteiger partial charge in [-0.2, -0.15) is 0 Å². The molecule has 3 nitrogen and oxygen atoms in total. The van der Waals surface area contributed by atoms with E-state index in [4.69, 9.17) is 0 Å². The second-order valence-corrected chi connectivity index (χ2v) is 7.41. The van der Waals surface area contributed by atoms with Gasteiger partial charge in [-0.25, -0.2) is 12.8 Å². The molecule has 0 unspecified atom stereocenters. The zero-order chi connectivity index (χ0) is 13.1. The quantitative estimate of drug-likeness (QED) is 0.876. The van der Waals surface area contributed by atoms with E-state index in [1.807, 2.05) is 0 Å².